The number of nitrogens with zero attached hydrogens (tertiary/aromatic N) is 2. The van der Waals surface area contributed by atoms with E-state index in [0.717, 1.165) is 52.4 Å². The largest absolute Gasteiger partial charge is 0.380 e. The Morgan fingerprint density at radius 3 is 2.82 bits per heavy atom. The molecule has 1 aromatic carbocycles. The molecule has 22 heavy (non-hydrogen) atoms. The summed E-state index contributed by atoms with van der Waals surface area (Å²) in [6, 6.07) is 11.1. The molecule has 3 rings (SSSR count). The Morgan fingerprint density at radius 2 is 1.95 bits per heavy atom. The Kier molecular flexibility index (Phi) is 5.84. The standard InChI is InChI=1S/C18H28N2O2/c1-16-15-22-18(17-6-3-2-4-7-17)14-20(16)10-9-19-8-5-12-21-13-11-19/h2-4,6-7,16,18H,5,8-15H2,1H3/t16-,18+/m0/s1. The van der Waals surface area contributed by atoms with E-state index < -0.39 is 0 Å². The van der Waals surface area contributed by atoms with E-state index in [1.165, 1.54) is 12.1 Å². The van der Waals surface area contributed by atoms with Gasteiger partial charge in [-0.05, 0) is 18.9 Å². The molecule has 0 amide bonds. The van der Waals surface area contributed by atoms with Gasteiger partial charge in [0.2, 0.25) is 0 Å². The van der Waals surface area contributed by atoms with Crippen molar-refractivity contribution < 1.29 is 9.47 Å². The van der Waals surface area contributed by atoms with Crippen LogP contribution in [0.2, 0.25) is 0 Å². The van der Waals surface area contributed by atoms with Crippen molar-refractivity contribution in [1.29, 1.82) is 0 Å². The van der Waals surface area contributed by atoms with Crippen LogP contribution in [-0.4, -0.2) is 68.4 Å². The molecule has 2 fully saturated rings. The number of hydrogen-bond donors (Lipinski definition) is 0. The van der Waals surface area contributed by atoms with Crippen LogP contribution in [0.25, 0.3) is 0 Å². The summed E-state index contributed by atoms with van der Waals surface area (Å²) in [4.78, 5) is 5.11. The van der Waals surface area contributed by atoms with Gasteiger partial charge in [0.1, 0.15) is 0 Å². The Balaban J connectivity index is 1.53. The molecule has 1 aromatic rings. The van der Waals surface area contributed by atoms with E-state index in [4.69, 9.17) is 9.47 Å². The Morgan fingerprint density at radius 1 is 1.09 bits per heavy atom. The first-order valence-electron chi connectivity index (χ1n) is 8.53. The van der Waals surface area contributed by atoms with Gasteiger partial charge in [0, 0.05) is 45.4 Å². The predicted molar refractivity (Wildman–Crippen MR) is 88.0 cm³/mol. The van der Waals surface area contributed by atoms with E-state index in [2.05, 4.69) is 47.1 Å². The minimum atomic E-state index is 0.213. The van der Waals surface area contributed by atoms with Crippen LogP contribution in [0.5, 0.6) is 0 Å². The van der Waals surface area contributed by atoms with Crippen molar-refractivity contribution in [1.82, 2.24) is 9.80 Å². The molecule has 2 aliphatic heterocycles. The lowest BCUT2D eigenvalue weighted by molar-refractivity contribution is -0.0619. The minimum Gasteiger partial charge on any atom is -0.380 e. The summed E-state index contributed by atoms with van der Waals surface area (Å²) in [5.41, 5.74) is 1.29. The highest BCUT2D eigenvalue weighted by atomic mass is 16.5. The van der Waals surface area contributed by atoms with Gasteiger partial charge in [-0.3, -0.25) is 9.80 Å². The summed E-state index contributed by atoms with van der Waals surface area (Å²) in [5, 5.41) is 0. The van der Waals surface area contributed by atoms with Crippen molar-refractivity contribution in [3.8, 4) is 0 Å². The molecule has 0 aliphatic carbocycles. The molecule has 2 aliphatic rings. The molecule has 2 atom stereocenters. The average molecular weight is 304 g/mol. The van der Waals surface area contributed by atoms with Crippen molar-refractivity contribution in [3.63, 3.8) is 0 Å². The summed E-state index contributed by atoms with van der Waals surface area (Å²) in [6.07, 6.45) is 1.37. The molecule has 0 N–H and O–H groups in total. The summed E-state index contributed by atoms with van der Waals surface area (Å²) < 4.78 is 11.6. The molecular formula is C18H28N2O2. The normalized spacial score (nSPS) is 28.4. The second kappa shape index (κ2) is 8.06. The van der Waals surface area contributed by atoms with Crippen LogP contribution in [-0.2, 0) is 9.47 Å². The van der Waals surface area contributed by atoms with Crippen molar-refractivity contribution in [3.05, 3.63) is 35.9 Å². The van der Waals surface area contributed by atoms with Gasteiger partial charge in [-0.25, -0.2) is 0 Å². The lowest BCUT2D eigenvalue weighted by atomic mass is 10.1. The zero-order valence-corrected chi connectivity index (χ0v) is 13.6. The van der Waals surface area contributed by atoms with Crippen molar-refractivity contribution in [2.75, 3.05) is 52.5 Å². The highest BCUT2D eigenvalue weighted by Crippen LogP contribution is 2.24. The Hall–Kier alpha value is -0.940. The van der Waals surface area contributed by atoms with Crippen LogP contribution in [0.4, 0.5) is 0 Å². The van der Waals surface area contributed by atoms with Gasteiger partial charge >= 0.3 is 0 Å². The maximum atomic E-state index is 6.04. The SMILES string of the molecule is C[C@H]1CO[C@@H](c2ccccc2)CN1CCN1CCCOCC1. The van der Waals surface area contributed by atoms with Crippen LogP contribution >= 0.6 is 0 Å². The maximum Gasteiger partial charge on any atom is 0.0952 e. The third-order valence-corrected chi connectivity index (χ3v) is 4.75. The van der Waals surface area contributed by atoms with E-state index in [-0.39, 0.29) is 6.10 Å². The highest BCUT2D eigenvalue weighted by Gasteiger charge is 2.27. The zero-order valence-electron chi connectivity index (χ0n) is 13.6. The van der Waals surface area contributed by atoms with Crippen LogP contribution in [0.3, 0.4) is 0 Å². The van der Waals surface area contributed by atoms with Crippen LogP contribution in [0.1, 0.15) is 25.0 Å². The van der Waals surface area contributed by atoms with E-state index in [0.29, 0.717) is 6.04 Å². The van der Waals surface area contributed by atoms with Crippen molar-refractivity contribution in [2.24, 2.45) is 0 Å². The number of ether oxygens (including phenoxy) is 2. The van der Waals surface area contributed by atoms with Crippen LogP contribution in [0, 0.1) is 0 Å². The summed E-state index contributed by atoms with van der Waals surface area (Å²) >= 11 is 0. The molecular weight excluding hydrogens is 276 g/mol. The third-order valence-electron chi connectivity index (χ3n) is 4.75. The van der Waals surface area contributed by atoms with E-state index in [9.17, 15) is 0 Å². The molecule has 0 aromatic heterocycles. The Labute approximate surface area is 134 Å². The molecule has 122 valence electrons. The highest BCUT2D eigenvalue weighted by molar-refractivity contribution is 5.18. The molecule has 0 saturated carbocycles. The smallest absolute Gasteiger partial charge is 0.0952 e. The quantitative estimate of drug-likeness (QED) is 0.851. The summed E-state index contributed by atoms with van der Waals surface area (Å²) in [7, 11) is 0. The van der Waals surface area contributed by atoms with Crippen LogP contribution in [0.15, 0.2) is 30.3 Å². The fourth-order valence-electron chi connectivity index (χ4n) is 3.28. The van der Waals surface area contributed by atoms with E-state index >= 15 is 0 Å². The molecule has 0 unspecified atom stereocenters. The second-order valence-corrected chi connectivity index (χ2v) is 6.38. The number of benzene rings is 1. The monoisotopic (exact) mass is 304 g/mol. The van der Waals surface area contributed by atoms with E-state index in [1.54, 1.807) is 0 Å². The van der Waals surface area contributed by atoms with Gasteiger partial charge in [0.05, 0.1) is 19.3 Å². The van der Waals surface area contributed by atoms with Crippen molar-refractivity contribution in [2.45, 2.75) is 25.5 Å². The fourth-order valence-corrected chi connectivity index (χ4v) is 3.28. The van der Waals surface area contributed by atoms with Gasteiger partial charge in [-0.15, -0.1) is 0 Å². The Bertz CT molecular complexity index is 432. The topological polar surface area (TPSA) is 24.9 Å². The number of hydrogen-bond acceptors (Lipinski definition) is 4. The third kappa shape index (κ3) is 4.29. The molecule has 2 saturated heterocycles. The summed E-state index contributed by atoms with van der Waals surface area (Å²) in [6.45, 7) is 10.4. The minimum absolute atomic E-state index is 0.213. The molecule has 0 spiro atoms. The molecule has 0 radical (unpaired) electrons. The molecule has 4 nitrogen and oxygen atoms in total. The van der Waals surface area contributed by atoms with Crippen molar-refractivity contribution >= 4 is 0 Å². The van der Waals surface area contributed by atoms with Gasteiger partial charge in [-0.1, -0.05) is 30.3 Å². The van der Waals surface area contributed by atoms with Gasteiger partial charge < -0.3 is 9.47 Å². The van der Waals surface area contributed by atoms with Gasteiger partial charge in [-0.2, -0.15) is 0 Å². The predicted octanol–water partition coefficient (Wildman–Crippen LogP) is 2.17. The maximum absolute atomic E-state index is 6.04. The second-order valence-electron chi connectivity index (χ2n) is 6.38. The number of morpholine rings is 1. The number of rotatable bonds is 4. The lowest BCUT2D eigenvalue weighted by Crippen LogP contribution is -2.48. The first kappa shape index (κ1) is 15.9. The first-order chi connectivity index (χ1) is 10.8. The summed E-state index contributed by atoms with van der Waals surface area (Å²) in [5.74, 6) is 0. The first-order valence-corrected chi connectivity index (χ1v) is 8.53. The van der Waals surface area contributed by atoms with E-state index in [1.807, 2.05) is 0 Å². The molecule has 4 heteroatoms. The lowest BCUT2D eigenvalue weighted by Gasteiger charge is -2.39. The molecule has 2 heterocycles. The molecule has 0 bridgehead atoms. The average Bonchev–Trinajstić information content (AvgIpc) is 2.84. The van der Waals surface area contributed by atoms with Gasteiger partial charge in [0.25, 0.3) is 0 Å². The fraction of sp³-hybridized carbons (Fsp3) is 0.667. The van der Waals surface area contributed by atoms with Crippen LogP contribution < -0.4 is 0 Å². The van der Waals surface area contributed by atoms with Gasteiger partial charge in [0.15, 0.2) is 0 Å². The zero-order chi connectivity index (χ0) is 15.2.